The Balaban J connectivity index is 2.82. The lowest BCUT2D eigenvalue weighted by Gasteiger charge is -2.15. The number of nitrogen functional groups attached to an aromatic ring is 1. The van der Waals surface area contributed by atoms with Crippen LogP contribution in [-0.2, 0) is 0 Å². The number of rotatable bonds is 3. The van der Waals surface area contributed by atoms with Crippen LogP contribution in [0.15, 0.2) is 18.5 Å². The summed E-state index contributed by atoms with van der Waals surface area (Å²) in [7, 11) is 0. The first-order chi connectivity index (χ1) is 6.15. The van der Waals surface area contributed by atoms with Crippen LogP contribution in [0.1, 0.15) is 11.7 Å². The van der Waals surface area contributed by atoms with Crippen LogP contribution in [0.4, 0.5) is 5.69 Å². The Labute approximate surface area is 84.5 Å². The zero-order valence-electron chi connectivity index (χ0n) is 6.89. The molecule has 0 saturated carbocycles. The van der Waals surface area contributed by atoms with Crippen LogP contribution >= 0.6 is 15.9 Å². The predicted molar refractivity (Wildman–Crippen MR) is 53.4 cm³/mol. The van der Waals surface area contributed by atoms with Crippen LogP contribution in [0.25, 0.3) is 0 Å². The lowest BCUT2D eigenvalue weighted by Crippen LogP contribution is -2.19. The van der Waals surface area contributed by atoms with E-state index in [2.05, 4.69) is 20.9 Å². The molecule has 0 radical (unpaired) electrons. The number of nitrogens with zero attached hydrogens (tertiary/aromatic N) is 1. The summed E-state index contributed by atoms with van der Waals surface area (Å²) in [4.78, 5) is 3.81. The first kappa shape index (κ1) is 10.4. The van der Waals surface area contributed by atoms with Crippen molar-refractivity contribution >= 4 is 21.6 Å². The molecule has 13 heavy (non-hydrogen) atoms. The maximum absolute atomic E-state index is 9.54. The highest BCUT2D eigenvalue weighted by molar-refractivity contribution is 9.09. The van der Waals surface area contributed by atoms with Crippen molar-refractivity contribution in [2.24, 2.45) is 0 Å². The molecule has 0 aliphatic carbocycles. The second kappa shape index (κ2) is 4.55. The van der Waals surface area contributed by atoms with E-state index < -0.39 is 12.2 Å². The monoisotopic (exact) mass is 246 g/mol. The number of pyridine rings is 1. The third-order valence-electron chi connectivity index (χ3n) is 1.64. The Bertz CT molecular complexity index is 283. The van der Waals surface area contributed by atoms with E-state index in [4.69, 9.17) is 5.73 Å². The second-order valence-corrected chi connectivity index (χ2v) is 3.37. The van der Waals surface area contributed by atoms with Gasteiger partial charge in [0.1, 0.15) is 6.10 Å². The van der Waals surface area contributed by atoms with Crippen LogP contribution in [-0.4, -0.2) is 26.6 Å². The number of halogens is 1. The van der Waals surface area contributed by atoms with Crippen LogP contribution in [0.5, 0.6) is 0 Å². The summed E-state index contributed by atoms with van der Waals surface area (Å²) in [6.07, 6.45) is 1.17. The first-order valence-corrected chi connectivity index (χ1v) is 4.90. The van der Waals surface area contributed by atoms with Gasteiger partial charge in [0.25, 0.3) is 0 Å². The molecule has 1 rings (SSSR count). The number of hydrogen-bond donors (Lipinski definition) is 3. The van der Waals surface area contributed by atoms with E-state index in [1.807, 2.05) is 0 Å². The summed E-state index contributed by atoms with van der Waals surface area (Å²) in [5, 5.41) is 19.2. The van der Waals surface area contributed by atoms with Gasteiger partial charge in [-0.3, -0.25) is 4.98 Å². The Hall–Kier alpha value is -0.650. The quantitative estimate of drug-likeness (QED) is 0.677. The maximum atomic E-state index is 9.54. The zero-order chi connectivity index (χ0) is 9.84. The molecule has 72 valence electrons. The fourth-order valence-corrected chi connectivity index (χ4v) is 1.30. The van der Waals surface area contributed by atoms with Crippen molar-refractivity contribution < 1.29 is 10.2 Å². The Morgan fingerprint density at radius 1 is 1.46 bits per heavy atom. The first-order valence-electron chi connectivity index (χ1n) is 3.77. The fourth-order valence-electron chi connectivity index (χ4n) is 0.945. The minimum Gasteiger partial charge on any atom is -0.397 e. The topological polar surface area (TPSA) is 79.4 Å². The Morgan fingerprint density at radius 2 is 2.15 bits per heavy atom. The van der Waals surface area contributed by atoms with Crippen molar-refractivity contribution in [1.82, 2.24) is 4.98 Å². The molecule has 0 spiro atoms. The van der Waals surface area contributed by atoms with E-state index in [1.165, 1.54) is 12.4 Å². The maximum Gasteiger partial charge on any atom is 0.107 e. The number of anilines is 1. The molecule has 2 unspecified atom stereocenters. The number of aliphatic hydroxyl groups is 2. The van der Waals surface area contributed by atoms with Crippen molar-refractivity contribution in [1.29, 1.82) is 0 Å². The van der Waals surface area contributed by atoms with Gasteiger partial charge in [0.05, 0.1) is 11.8 Å². The van der Waals surface area contributed by atoms with Gasteiger partial charge in [0.2, 0.25) is 0 Å². The average molecular weight is 247 g/mol. The van der Waals surface area contributed by atoms with Crippen molar-refractivity contribution in [3.05, 3.63) is 24.0 Å². The molecule has 0 aliphatic heterocycles. The molecule has 1 aromatic heterocycles. The van der Waals surface area contributed by atoms with Gasteiger partial charge in [0, 0.05) is 23.3 Å². The molecule has 0 saturated heterocycles. The molecule has 0 aromatic carbocycles. The van der Waals surface area contributed by atoms with Gasteiger partial charge in [-0.05, 0) is 6.07 Å². The van der Waals surface area contributed by atoms with Crippen molar-refractivity contribution in [2.75, 3.05) is 11.1 Å². The Morgan fingerprint density at radius 3 is 2.69 bits per heavy atom. The molecule has 0 amide bonds. The zero-order valence-corrected chi connectivity index (χ0v) is 8.48. The van der Waals surface area contributed by atoms with Gasteiger partial charge in [-0.25, -0.2) is 0 Å². The summed E-state index contributed by atoms with van der Waals surface area (Å²) < 4.78 is 0. The summed E-state index contributed by atoms with van der Waals surface area (Å²) in [6, 6.07) is 1.59. The average Bonchev–Trinajstić information content (AvgIpc) is 2.15. The molecule has 1 aromatic rings. The summed E-state index contributed by atoms with van der Waals surface area (Å²) in [6.45, 7) is 0. The van der Waals surface area contributed by atoms with Gasteiger partial charge in [0.15, 0.2) is 0 Å². The summed E-state index contributed by atoms with van der Waals surface area (Å²) in [5.74, 6) is 0. The van der Waals surface area contributed by atoms with E-state index in [0.717, 1.165) is 0 Å². The molecule has 0 aliphatic rings. The summed E-state index contributed by atoms with van der Waals surface area (Å²) in [5.41, 5.74) is 6.46. The third-order valence-corrected chi connectivity index (χ3v) is 2.31. The smallest absolute Gasteiger partial charge is 0.107 e. The van der Waals surface area contributed by atoms with E-state index in [0.29, 0.717) is 16.6 Å². The predicted octanol–water partition coefficient (Wildman–Crippen LogP) is 0.453. The van der Waals surface area contributed by atoms with E-state index in [9.17, 15) is 10.2 Å². The van der Waals surface area contributed by atoms with Crippen molar-refractivity contribution in [2.45, 2.75) is 12.2 Å². The van der Waals surface area contributed by atoms with E-state index >= 15 is 0 Å². The molecule has 0 fully saturated rings. The third kappa shape index (κ3) is 2.65. The lowest BCUT2D eigenvalue weighted by molar-refractivity contribution is 0.0341. The normalized spacial score (nSPS) is 15.3. The second-order valence-electron chi connectivity index (χ2n) is 2.72. The highest BCUT2D eigenvalue weighted by atomic mass is 79.9. The molecule has 0 bridgehead atoms. The van der Waals surface area contributed by atoms with Gasteiger partial charge in [-0.15, -0.1) is 0 Å². The van der Waals surface area contributed by atoms with Crippen LogP contribution in [0, 0.1) is 0 Å². The van der Waals surface area contributed by atoms with Crippen LogP contribution < -0.4 is 5.73 Å². The molecule has 4 N–H and O–H groups in total. The lowest BCUT2D eigenvalue weighted by atomic mass is 10.1. The number of alkyl halides is 1. The van der Waals surface area contributed by atoms with Gasteiger partial charge in [-0.1, -0.05) is 15.9 Å². The number of aliphatic hydroxyl groups excluding tert-OH is 2. The van der Waals surface area contributed by atoms with Crippen molar-refractivity contribution in [3.8, 4) is 0 Å². The Kier molecular flexibility index (Phi) is 3.65. The SMILES string of the molecule is Nc1cncc(C(O)C(O)CBr)c1. The largest absolute Gasteiger partial charge is 0.397 e. The van der Waals surface area contributed by atoms with Crippen molar-refractivity contribution in [3.63, 3.8) is 0 Å². The molecule has 5 heteroatoms. The number of nitrogens with two attached hydrogens (primary N) is 1. The number of hydrogen-bond acceptors (Lipinski definition) is 4. The fraction of sp³-hybridized carbons (Fsp3) is 0.375. The van der Waals surface area contributed by atoms with Gasteiger partial charge in [-0.2, -0.15) is 0 Å². The molecule has 1 heterocycles. The minimum absolute atomic E-state index is 0.308. The highest BCUT2D eigenvalue weighted by Crippen LogP contribution is 2.18. The van der Waals surface area contributed by atoms with Gasteiger partial charge >= 0.3 is 0 Å². The molecular formula is C8H11BrN2O2. The molecule has 2 atom stereocenters. The molecular weight excluding hydrogens is 236 g/mol. The van der Waals surface area contributed by atoms with E-state index in [-0.39, 0.29) is 0 Å². The summed E-state index contributed by atoms with van der Waals surface area (Å²) >= 11 is 3.07. The standard InChI is InChI=1S/C8H11BrN2O2/c9-2-7(12)8(13)5-1-6(10)4-11-3-5/h1,3-4,7-8,12-13H,2,10H2. The minimum atomic E-state index is -0.949. The highest BCUT2D eigenvalue weighted by Gasteiger charge is 2.17. The van der Waals surface area contributed by atoms with Crippen LogP contribution in [0.2, 0.25) is 0 Å². The molecule has 4 nitrogen and oxygen atoms in total. The van der Waals surface area contributed by atoms with E-state index in [1.54, 1.807) is 6.07 Å². The number of aromatic nitrogens is 1. The van der Waals surface area contributed by atoms with Gasteiger partial charge < -0.3 is 15.9 Å². The van der Waals surface area contributed by atoms with Crippen LogP contribution in [0.3, 0.4) is 0 Å².